The van der Waals surface area contributed by atoms with Gasteiger partial charge in [-0.2, -0.15) is 0 Å². The molecule has 0 spiro atoms. The minimum absolute atomic E-state index is 0.0787. The molecule has 1 saturated heterocycles. The van der Waals surface area contributed by atoms with Crippen molar-refractivity contribution >= 4 is 53.0 Å². The van der Waals surface area contributed by atoms with Crippen LogP contribution in [0.4, 0.5) is 0 Å². The summed E-state index contributed by atoms with van der Waals surface area (Å²) < 4.78 is 151. The van der Waals surface area contributed by atoms with Gasteiger partial charge in [0, 0.05) is 44.4 Å². The van der Waals surface area contributed by atoms with Gasteiger partial charge in [0.1, 0.15) is 36.1 Å². The van der Waals surface area contributed by atoms with Crippen LogP contribution in [-0.2, 0) is 170 Å². The molecule has 0 radical (unpaired) electrons. The molecule has 1 fully saturated rings. The van der Waals surface area contributed by atoms with Gasteiger partial charge in [-0.05, 0) is 86.3 Å². The van der Waals surface area contributed by atoms with Crippen molar-refractivity contribution in [3.8, 4) is 5.75 Å². The first-order valence-electron chi connectivity index (χ1n) is 50.1. The predicted octanol–water partition coefficient (Wildman–Crippen LogP) is 5.39. The summed E-state index contributed by atoms with van der Waals surface area (Å²) in [6.07, 6.45) is 4.56. The fraction of sp³-hybridized carbons (Fsp3) is 0.790. The summed E-state index contributed by atoms with van der Waals surface area (Å²) in [4.78, 5) is 93.9. The second kappa shape index (κ2) is 83.5. The quantitative estimate of drug-likeness (QED) is 0.0248. The van der Waals surface area contributed by atoms with Crippen LogP contribution in [0.15, 0.2) is 54.6 Å². The number of halogens is 1. The van der Waals surface area contributed by atoms with Crippen LogP contribution in [0.1, 0.15) is 130 Å². The number of hydrogen-bond donors (Lipinski definition) is 7. The molecule has 41 nitrogen and oxygen atoms in total. The minimum atomic E-state index is -1.22. The van der Waals surface area contributed by atoms with E-state index in [0.717, 1.165) is 24.0 Å². The molecule has 2 heterocycles. The Morgan fingerprint density at radius 3 is 1.18 bits per heavy atom. The Morgan fingerprint density at radius 1 is 0.472 bits per heavy atom. The van der Waals surface area contributed by atoms with Crippen molar-refractivity contribution in [2.75, 3.05) is 324 Å². The Bertz CT molecular complexity index is 3570. The number of epoxide rings is 1. The number of carbonyl (C=O) groups excluding carboxylic acids is 7. The first kappa shape index (κ1) is 128. The maximum absolute atomic E-state index is 14.4. The van der Waals surface area contributed by atoms with Crippen LogP contribution in [0.25, 0.3) is 0 Å². The van der Waals surface area contributed by atoms with Crippen molar-refractivity contribution in [3.05, 3.63) is 76.3 Å². The SMILES string of the molecule is COc1ccc(C[C@H]2NC(=O)/C=C\C[C@@H]([C@H](C)[C@@H]3O[C@@H]3c3ccc(CNC(=O)[C@H](CCCCCOCCOCCOCCOCCOCCOCCOCCOCCOCCOCCOCCOCCOCCOCCOCCOCCOCCOCCOCCOCCOCCOCCOCCOCCC(N)=O)NC(=O)[C@@H](N)C(C)C)cc3)OC(=O)[C@@H](CC(C)(C)C)NC(=O)C(C)(C)[C@H](C)NC2=O)cc1Cl. The lowest BCUT2D eigenvalue weighted by Crippen LogP contribution is -2.58. The Labute approximate surface area is 846 Å². The Balaban J connectivity index is 0.872. The maximum Gasteiger partial charge on any atom is 0.328 e. The average Bonchev–Trinajstić information content (AvgIpc) is 1.61. The number of unbranched alkanes of at least 4 members (excludes halogenated alkanes) is 2. The number of rotatable bonds is 91. The van der Waals surface area contributed by atoms with Gasteiger partial charge in [-0.3, -0.25) is 28.8 Å². The van der Waals surface area contributed by atoms with E-state index in [1.807, 2.05) is 65.8 Å². The molecule has 0 saturated carbocycles. The van der Waals surface area contributed by atoms with Crippen LogP contribution in [0.3, 0.4) is 0 Å². The van der Waals surface area contributed by atoms with Crippen LogP contribution < -0.4 is 42.8 Å². The lowest BCUT2D eigenvalue weighted by atomic mass is 9.82. The van der Waals surface area contributed by atoms with Crippen LogP contribution in [0.2, 0.25) is 5.02 Å². The molecular formula is C100H172ClN7O34. The minimum Gasteiger partial charge on any atom is -0.495 e. The second-order valence-corrected chi connectivity index (χ2v) is 35.9. The molecule has 9 atom stereocenters. The average molecular weight is 2050 g/mol. The number of methoxy groups -OCH3 is 1. The van der Waals surface area contributed by atoms with Gasteiger partial charge in [0.15, 0.2) is 0 Å². The topological polar surface area (TPSA) is 484 Å². The summed E-state index contributed by atoms with van der Waals surface area (Å²) in [5.41, 5.74) is 12.0. The summed E-state index contributed by atoms with van der Waals surface area (Å²) in [5, 5.41) is 14.9. The number of hydrogen-bond acceptors (Lipinski definition) is 35. The molecule has 42 heteroatoms. The van der Waals surface area contributed by atoms with E-state index in [1.54, 1.807) is 45.0 Å². The van der Waals surface area contributed by atoms with Crippen molar-refractivity contribution < 1.29 is 161 Å². The Kier molecular flexibility index (Phi) is 75.1. The number of esters is 1. The number of cyclic esters (lactones) is 1. The van der Waals surface area contributed by atoms with Crippen molar-refractivity contribution in [1.29, 1.82) is 0 Å². The molecule has 2 aliphatic rings. The molecule has 4 rings (SSSR count). The number of carbonyl (C=O) groups is 7. The summed E-state index contributed by atoms with van der Waals surface area (Å²) in [6.45, 7) is 38.4. The largest absolute Gasteiger partial charge is 0.495 e. The van der Waals surface area contributed by atoms with Gasteiger partial charge in [-0.1, -0.05) is 102 Å². The molecule has 0 aliphatic carbocycles. The van der Waals surface area contributed by atoms with Crippen LogP contribution >= 0.6 is 11.6 Å². The Hall–Kier alpha value is -6.48. The summed E-state index contributed by atoms with van der Waals surface area (Å²) >= 11 is 6.45. The summed E-state index contributed by atoms with van der Waals surface area (Å²) in [6, 6.07) is 8.27. The molecular weight excluding hydrogens is 1880 g/mol. The fourth-order valence-electron chi connectivity index (χ4n) is 13.3. The lowest BCUT2D eigenvalue weighted by molar-refractivity contribution is -0.157. The van der Waals surface area contributed by atoms with Crippen molar-refractivity contribution in [3.63, 3.8) is 0 Å². The standard InChI is InChI=1S/C100H172ClN7O34/c1-77(2)91(103)96(113)107-84(94(111)104-76-80-18-21-82(22-19-80)93-92(142-93)78(3)87-16-14-17-90(110)106-85(74-81-20-23-88(116-10)83(101)73-81)95(112)105-79(4)100(8,9)98(115)108-86(97(114)141-87)75-99(5,6)7)15-12-11-13-25-117-27-29-119-31-33-121-35-37-123-39-41-125-43-45-127-47-49-129-51-53-131-55-57-133-59-61-135-63-65-137-67-69-139-71-72-140-70-68-138-66-64-136-62-60-134-58-56-132-54-52-130-50-48-128-46-44-126-42-40-124-38-36-122-34-32-120-30-28-118-26-24-89(102)109/h14,17-23,73,77-79,84-87,91-93H,11-13,15-16,24-72,74-76,103H2,1-10H3,(H2,102,109)(H,104,111)(H,105,112)(H,106,110)(H,107,113)(H,108,115)/b17-14-/t78-,79-,84-,85+,86+,87-,91-,92-,93+/m0/s1. The number of nitrogens with one attached hydrogen (secondary N) is 5. The highest BCUT2D eigenvalue weighted by Crippen LogP contribution is 2.45. The van der Waals surface area contributed by atoms with E-state index < -0.39 is 88.8 Å². The summed E-state index contributed by atoms with van der Waals surface area (Å²) in [5.74, 6) is -3.39. The van der Waals surface area contributed by atoms with Gasteiger partial charge < -0.3 is 166 Å². The van der Waals surface area contributed by atoms with Crippen LogP contribution in [0, 0.1) is 22.7 Å². The molecule has 0 bridgehead atoms. The molecule has 818 valence electrons. The molecule has 6 amide bonds. The van der Waals surface area contributed by atoms with Gasteiger partial charge in [-0.25, -0.2) is 4.79 Å². The van der Waals surface area contributed by atoms with E-state index in [1.165, 1.54) is 13.2 Å². The van der Waals surface area contributed by atoms with Crippen molar-refractivity contribution in [1.82, 2.24) is 26.6 Å². The van der Waals surface area contributed by atoms with E-state index in [9.17, 15) is 33.6 Å². The van der Waals surface area contributed by atoms with E-state index in [2.05, 4.69) is 26.6 Å². The van der Waals surface area contributed by atoms with Gasteiger partial charge >= 0.3 is 5.97 Å². The molecule has 142 heavy (non-hydrogen) atoms. The zero-order valence-corrected chi connectivity index (χ0v) is 86.9. The maximum atomic E-state index is 14.4. The number of benzene rings is 2. The number of nitrogens with two attached hydrogens (primary N) is 2. The second-order valence-electron chi connectivity index (χ2n) is 35.5. The molecule has 0 unspecified atom stereocenters. The van der Waals surface area contributed by atoms with Gasteiger partial charge in [0.05, 0.1) is 340 Å². The van der Waals surface area contributed by atoms with Gasteiger partial charge in [0.25, 0.3) is 0 Å². The van der Waals surface area contributed by atoms with E-state index >= 15 is 0 Å². The third-order valence-corrected chi connectivity index (χ3v) is 22.3. The smallest absolute Gasteiger partial charge is 0.328 e. The molecule has 9 N–H and O–H groups in total. The molecule has 2 aliphatic heterocycles. The van der Waals surface area contributed by atoms with Crippen LogP contribution in [0.5, 0.6) is 5.75 Å². The third kappa shape index (κ3) is 66.0. The van der Waals surface area contributed by atoms with Gasteiger partial charge in [0.2, 0.25) is 35.4 Å². The Morgan fingerprint density at radius 2 is 0.831 bits per heavy atom. The molecule has 2 aromatic rings. The van der Waals surface area contributed by atoms with Crippen LogP contribution in [-0.4, -0.2) is 408 Å². The van der Waals surface area contributed by atoms with Crippen molar-refractivity contribution in [2.45, 2.75) is 169 Å². The normalized spacial score (nSPS) is 17.9. The highest BCUT2D eigenvalue weighted by Gasteiger charge is 2.48. The van der Waals surface area contributed by atoms with E-state index in [-0.39, 0.29) is 56.1 Å². The highest BCUT2D eigenvalue weighted by molar-refractivity contribution is 6.32. The zero-order valence-electron chi connectivity index (χ0n) is 86.2. The van der Waals surface area contributed by atoms with Gasteiger partial charge in [-0.15, -0.1) is 0 Å². The fourth-order valence-corrected chi connectivity index (χ4v) is 13.6. The lowest BCUT2D eigenvalue weighted by Gasteiger charge is -2.35. The first-order chi connectivity index (χ1) is 68.8. The summed E-state index contributed by atoms with van der Waals surface area (Å²) in [7, 11) is 1.50. The number of ether oxygens (including phenoxy) is 27. The highest BCUT2D eigenvalue weighted by atomic mass is 35.5. The third-order valence-electron chi connectivity index (χ3n) is 22.0. The number of amides is 6. The number of primary amides is 1. The molecule has 2 aromatic carbocycles. The monoisotopic (exact) mass is 2050 g/mol. The first-order valence-corrected chi connectivity index (χ1v) is 50.5. The van der Waals surface area contributed by atoms with E-state index in [0.29, 0.717) is 346 Å². The van der Waals surface area contributed by atoms with Crippen molar-refractivity contribution in [2.24, 2.45) is 34.1 Å². The van der Waals surface area contributed by atoms with E-state index in [4.69, 9.17) is 151 Å². The predicted molar refractivity (Wildman–Crippen MR) is 526 cm³/mol. The molecule has 0 aromatic heterocycles. The zero-order chi connectivity index (χ0) is 103.